The van der Waals surface area contributed by atoms with E-state index < -0.39 is 5.97 Å². The van der Waals surface area contributed by atoms with Gasteiger partial charge >= 0.3 is 5.97 Å². The van der Waals surface area contributed by atoms with Gasteiger partial charge in [-0.25, -0.2) is 4.98 Å². The van der Waals surface area contributed by atoms with E-state index in [4.69, 9.17) is 5.11 Å². The summed E-state index contributed by atoms with van der Waals surface area (Å²) < 4.78 is 0. The Hall–Kier alpha value is -1.91. The smallest absolute Gasteiger partial charge is 0.306 e. The molecule has 1 aromatic rings. The summed E-state index contributed by atoms with van der Waals surface area (Å²) in [5.41, 5.74) is 2.76. The SMILES string of the molecule is O=C(N[C@H]1C[C@@H](C(=O)O)[C@@H]2C[C@@H]21)c1ccc2c(n1)CCC2. The summed E-state index contributed by atoms with van der Waals surface area (Å²) in [6, 6.07) is 3.78. The third-order valence-corrected chi connectivity index (χ3v) is 5.23. The van der Waals surface area contributed by atoms with E-state index >= 15 is 0 Å². The van der Waals surface area contributed by atoms with Crippen LogP contribution in [0.4, 0.5) is 0 Å². The molecule has 0 spiro atoms. The Morgan fingerprint density at radius 1 is 1.19 bits per heavy atom. The van der Waals surface area contributed by atoms with Gasteiger partial charge in [0.2, 0.25) is 0 Å². The lowest BCUT2D eigenvalue weighted by atomic mass is 10.0. The molecule has 2 saturated carbocycles. The molecule has 1 heterocycles. The van der Waals surface area contributed by atoms with Crippen LogP contribution in [0.1, 0.15) is 41.0 Å². The van der Waals surface area contributed by atoms with Crippen molar-refractivity contribution in [1.82, 2.24) is 10.3 Å². The van der Waals surface area contributed by atoms with E-state index in [1.54, 1.807) is 6.07 Å². The maximum absolute atomic E-state index is 12.3. The third kappa shape index (κ3) is 2.11. The van der Waals surface area contributed by atoms with Gasteiger partial charge in [0.1, 0.15) is 5.69 Å². The molecule has 2 N–H and O–H groups in total. The highest BCUT2D eigenvalue weighted by molar-refractivity contribution is 5.92. The number of fused-ring (bicyclic) bond motifs is 2. The first-order valence-electron chi connectivity index (χ1n) is 7.66. The van der Waals surface area contributed by atoms with Gasteiger partial charge in [-0.3, -0.25) is 9.59 Å². The molecular weight excluding hydrogens is 268 g/mol. The van der Waals surface area contributed by atoms with Crippen molar-refractivity contribution in [1.29, 1.82) is 0 Å². The number of hydrogen-bond acceptors (Lipinski definition) is 3. The molecule has 0 bridgehead atoms. The minimum atomic E-state index is -0.727. The molecule has 21 heavy (non-hydrogen) atoms. The monoisotopic (exact) mass is 286 g/mol. The Labute approximate surface area is 122 Å². The summed E-state index contributed by atoms with van der Waals surface area (Å²) in [5, 5.41) is 12.2. The quantitative estimate of drug-likeness (QED) is 0.880. The van der Waals surface area contributed by atoms with Gasteiger partial charge in [0.15, 0.2) is 0 Å². The van der Waals surface area contributed by atoms with Crippen molar-refractivity contribution < 1.29 is 14.7 Å². The number of carboxylic acids is 1. The summed E-state index contributed by atoms with van der Waals surface area (Å²) in [4.78, 5) is 27.9. The number of carbonyl (C=O) groups excluding carboxylic acids is 1. The molecule has 4 rings (SSSR count). The number of carbonyl (C=O) groups is 2. The van der Waals surface area contributed by atoms with Crippen LogP contribution >= 0.6 is 0 Å². The lowest BCUT2D eigenvalue weighted by molar-refractivity contribution is -0.142. The Morgan fingerprint density at radius 3 is 2.81 bits per heavy atom. The van der Waals surface area contributed by atoms with E-state index in [-0.39, 0.29) is 23.8 Å². The molecule has 4 atom stereocenters. The van der Waals surface area contributed by atoms with Crippen molar-refractivity contribution in [2.75, 3.05) is 0 Å². The second-order valence-electron chi connectivity index (χ2n) is 6.48. The van der Waals surface area contributed by atoms with Crippen LogP contribution in [0.2, 0.25) is 0 Å². The fourth-order valence-electron chi connectivity index (χ4n) is 4.02. The van der Waals surface area contributed by atoms with Crippen LogP contribution in [0.3, 0.4) is 0 Å². The van der Waals surface area contributed by atoms with Gasteiger partial charge in [0.25, 0.3) is 5.91 Å². The molecule has 1 aromatic heterocycles. The summed E-state index contributed by atoms with van der Waals surface area (Å²) in [6.07, 6.45) is 4.60. The van der Waals surface area contributed by atoms with Crippen molar-refractivity contribution in [3.63, 3.8) is 0 Å². The number of nitrogens with zero attached hydrogens (tertiary/aromatic N) is 1. The number of rotatable bonds is 3. The van der Waals surface area contributed by atoms with Crippen LogP contribution in [0.5, 0.6) is 0 Å². The number of hydrogen-bond donors (Lipinski definition) is 2. The summed E-state index contributed by atoms with van der Waals surface area (Å²) >= 11 is 0. The minimum Gasteiger partial charge on any atom is -0.481 e. The molecule has 3 aliphatic carbocycles. The molecule has 1 amide bonds. The van der Waals surface area contributed by atoms with Gasteiger partial charge in [-0.2, -0.15) is 0 Å². The highest BCUT2D eigenvalue weighted by atomic mass is 16.4. The molecule has 0 radical (unpaired) electrons. The average molecular weight is 286 g/mol. The van der Waals surface area contributed by atoms with Crippen LogP contribution < -0.4 is 5.32 Å². The lowest BCUT2D eigenvalue weighted by Gasteiger charge is -2.16. The van der Waals surface area contributed by atoms with E-state index in [0.717, 1.165) is 31.4 Å². The first-order valence-corrected chi connectivity index (χ1v) is 7.66. The molecular formula is C16H18N2O3. The van der Waals surface area contributed by atoms with E-state index in [2.05, 4.69) is 10.3 Å². The zero-order chi connectivity index (χ0) is 14.6. The molecule has 0 aliphatic heterocycles. The van der Waals surface area contributed by atoms with Crippen molar-refractivity contribution >= 4 is 11.9 Å². The second kappa shape index (κ2) is 4.55. The van der Waals surface area contributed by atoms with E-state index in [0.29, 0.717) is 18.0 Å². The van der Waals surface area contributed by atoms with Crippen molar-refractivity contribution in [2.45, 2.75) is 38.1 Å². The number of aliphatic carboxylic acids is 1. The summed E-state index contributed by atoms with van der Waals surface area (Å²) in [6.45, 7) is 0. The number of pyridine rings is 1. The van der Waals surface area contributed by atoms with Crippen LogP contribution in [0.25, 0.3) is 0 Å². The predicted molar refractivity (Wildman–Crippen MR) is 74.9 cm³/mol. The van der Waals surface area contributed by atoms with Gasteiger partial charge in [0, 0.05) is 11.7 Å². The highest BCUT2D eigenvalue weighted by Crippen LogP contribution is 2.55. The maximum Gasteiger partial charge on any atom is 0.306 e. The number of amides is 1. The predicted octanol–water partition coefficient (Wildman–Crippen LogP) is 1.41. The molecule has 0 aromatic carbocycles. The van der Waals surface area contributed by atoms with E-state index in [1.165, 1.54) is 5.56 Å². The second-order valence-corrected chi connectivity index (χ2v) is 6.48. The van der Waals surface area contributed by atoms with Crippen molar-refractivity contribution in [3.05, 3.63) is 29.1 Å². The van der Waals surface area contributed by atoms with Crippen LogP contribution in [0.15, 0.2) is 12.1 Å². The molecule has 0 unspecified atom stereocenters. The minimum absolute atomic E-state index is 0.00125. The van der Waals surface area contributed by atoms with Crippen molar-refractivity contribution in [2.24, 2.45) is 17.8 Å². The molecule has 0 saturated heterocycles. The zero-order valence-electron chi connectivity index (χ0n) is 11.7. The molecule has 2 fully saturated rings. The average Bonchev–Trinajstić information content (AvgIpc) is 2.96. The summed E-state index contributed by atoms with van der Waals surface area (Å²) in [7, 11) is 0. The van der Waals surface area contributed by atoms with Gasteiger partial charge in [0.05, 0.1) is 5.92 Å². The van der Waals surface area contributed by atoms with Gasteiger partial charge < -0.3 is 10.4 Å². The fraction of sp³-hybridized carbons (Fsp3) is 0.562. The number of carboxylic acid groups (broad SMARTS) is 1. The highest BCUT2D eigenvalue weighted by Gasteiger charge is 2.57. The van der Waals surface area contributed by atoms with Gasteiger partial charge in [-0.05, 0) is 55.6 Å². The molecule has 5 heteroatoms. The Balaban J connectivity index is 1.46. The Bertz CT molecular complexity index is 628. The molecule has 3 aliphatic rings. The molecule has 110 valence electrons. The topological polar surface area (TPSA) is 79.3 Å². The Morgan fingerprint density at radius 2 is 2.05 bits per heavy atom. The Kier molecular flexibility index (Phi) is 2.77. The van der Waals surface area contributed by atoms with E-state index in [1.807, 2.05) is 6.07 Å². The van der Waals surface area contributed by atoms with Gasteiger partial charge in [-0.1, -0.05) is 6.07 Å². The zero-order valence-corrected chi connectivity index (χ0v) is 11.7. The first kappa shape index (κ1) is 12.8. The van der Waals surface area contributed by atoms with Crippen LogP contribution in [-0.2, 0) is 17.6 Å². The summed E-state index contributed by atoms with van der Waals surface area (Å²) in [5.74, 6) is -0.556. The van der Waals surface area contributed by atoms with Crippen LogP contribution in [0, 0.1) is 17.8 Å². The maximum atomic E-state index is 12.3. The normalized spacial score (nSPS) is 32.4. The van der Waals surface area contributed by atoms with E-state index in [9.17, 15) is 9.59 Å². The number of aromatic nitrogens is 1. The number of aryl methyl sites for hydroxylation is 2. The lowest BCUT2D eigenvalue weighted by Crippen LogP contribution is -2.36. The first-order chi connectivity index (χ1) is 10.1. The largest absolute Gasteiger partial charge is 0.481 e. The molecule has 5 nitrogen and oxygen atoms in total. The number of nitrogens with one attached hydrogen (secondary N) is 1. The van der Waals surface area contributed by atoms with Gasteiger partial charge in [-0.15, -0.1) is 0 Å². The van der Waals surface area contributed by atoms with Crippen LogP contribution in [-0.4, -0.2) is 28.0 Å². The third-order valence-electron chi connectivity index (χ3n) is 5.23. The van der Waals surface area contributed by atoms with Crippen molar-refractivity contribution in [3.8, 4) is 0 Å². The fourth-order valence-corrected chi connectivity index (χ4v) is 4.02. The standard InChI is InChI=1S/C16H18N2O3/c19-15(13-5-4-8-2-1-3-12(8)17-13)18-14-7-11(16(20)21)9-6-10(9)14/h4-5,9-11,14H,1-3,6-7H2,(H,18,19)(H,20,21)/t9-,10+,11-,14+/m1/s1.